The Labute approximate surface area is 161 Å². The summed E-state index contributed by atoms with van der Waals surface area (Å²) in [5.41, 5.74) is 1.32. The second kappa shape index (κ2) is 6.80. The maximum absolute atomic E-state index is 12.1. The SMILES string of the molecule is C[C@@H]1CN(c2noc3c(C#N)c(N4C[C@@H](C)O[C@H](C)C4)c(C=O)cc23)C(=O)O1. The van der Waals surface area contributed by atoms with E-state index in [0.29, 0.717) is 42.6 Å². The van der Waals surface area contributed by atoms with Gasteiger partial charge in [0.1, 0.15) is 17.7 Å². The van der Waals surface area contributed by atoms with Gasteiger partial charge in [0.15, 0.2) is 17.7 Å². The van der Waals surface area contributed by atoms with E-state index in [-0.39, 0.29) is 35.3 Å². The highest BCUT2D eigenvalue weighted by Crippen LogP contribution is 2.38. The molecule has 1 aromatic carbocycles. The third-order valence-electron chi connectivity index (χ3n) is 4.94. The number of cyclic esters (lactones) is 1. The molecule has 3 atom stereocenters. The number of anilines is 2. The molecule has 0 bridgehead atoms. The molecule has 2 fully saturated rings. The van der Waals surface area contributed by atoms with Crippen molar-refractivity contribution in [3.05, 3.63) is 17.2 Å². The van der Waals surface area contributed by atoms with Crippen molar-refractivity contribution in [2.75, 3.05) is 29.4 Å². The molecule has 9 nitrogen and oxygen atoms in total. The normalized spacial score (nSPS) is 25.1. The van der Waals surface area contributed by atoms with E-state index in [2.05, 4.69) is 11.2 Å². The molecule has 2 saturated heterocycles. The zero-order valence-electron chi connectivity index (χ0n) is 15.8. The van der Waals surface area contributed by atoms with Gasteiger partial charge in [0.25, 0.3) is 0 Å². The minimum atomic E-state index is -0.534. The van der Waals surface area contributed by atoms with Crippen molar-refractivity contribution in [2.24, 2.45) is 0 Å². The lowest BCUT2D eigenvalue weighted by Crippen LogP contribution is -2.46. The molecule has 0 N–H and O–H groups in total. The molecule has 0 spiro atoms. The monoisotopic (exact) mass is 384 g/mol. The van der Waals surface area contributed by atoms with Crippen LogP contribution in [0.1, 0.15) is 36.7 Å². The van der Waals surface area contributed by atoms with Gasteiger partial charge in [0.05, 0.1) is 29.8 Å². The summed E-state index contributed by atoms with van der Waals surface area (Å²) in [6.07, 6.45) is -0.194. The number of carbonyl (C=O) groups excluding carboxylic acids is 2. The topological polar surface area (TPSA) is 109 Å². The van der Waals surface area contributed by atoms with Crippen LogP contribution in [0.15, 0.2) is 10.6 Å². The van der Waals surface area contributed by atoms with Crippen LogP contribution in [0.5, 0.6) is 0 Å². The van der Waals surface area contributed by atoms with Gasteiger partial charge < -0.3 is 18.9 Å². The zero-order chi connectivity index (χ0) is 20.0. The summed E-state index contributed by atoms with van der Waals surface area (Å²) in [6.45, 7) is 7.07. The molecule has 0 unspecified atom stereocenters. The molecule has 4 rings (SSSR count). The van der Waals surface area contributed by atoms with E-state index in [0.717, 1.165) is 0 Å². The molecule has 2 aliphatic rings. The van der Waals surface area contributed by atoms with E-state index >= 15 is 0 Å². The highest BCUT2D eigenvalue weighted by atomic mass is 16.6. The molecule has 28 heavy (non-hydrogen) atoms. The lowest BCUT2D eigenvalue weighted by Gasteiger charge is -2.37. The molecular formula is C19H20N4O5. The highest BCUT2D eigenvalue weighted by Gasteiger charge is 2.35. The Morgan fingerprint density at radius 1 is 1.21 bits per heavy atom. The molecule has 9 heteroatoms. The lowest BCUT2D eigenvalue weighted by atomic mass is 10.0. The standard InChI is InChI=1S/C19H20N4O5/c1-10-6-22(7-11(2)26-10)16-13(9-24)4-14-17(15(16)5-20)28-21-18(14)23-8-12(3)27-19(23)25/h4,9-12H,6-8H2,1-3H3/t10-,11-,12-/m1/s1. The van der Waals surface area contributed by atoms with E-state index in [1.165, 1.54) is 4.90 Å². The Morgan fingerprint density at radius 3 is 2.50 bits per heavy atom. The summed E-state index contributed by atoms with van der Waals surface area (Å²) in [5, 5.41) is 14.3. The second-order valence-electron chi connectivity index (χ2n) is 7.27. The van der Waals surface area contributed by atoms with Crippen LogP contribution >= 0.6 is 0 Å². The first kappa shape index (κ1) is 18.3. The number of rotatable bonds is 3. The van der Waals surface area contributed by atoms with Crippen LogP contribution in [0.2, 0.25) is 0 Å². The quantitative estimate of drug-likeness (QED) is 0.743. The summed E-state index contributed by atoms with van der Waals surface area (Å²) in [7, 11) is 0. The number of hydrogen-bond donors (Lipinski definition) is 0. The van der Waals surface area contributed by atoms with Gasteiger partial charge in [0, 0.05) is 18.7 Å². The Bertz CT molecular complexity index is 984. The van der Waals surface area contributed by atoms with Crippen molar-refractivity contribution >= 4 is 34.9 Å². The van der Waals surface area contributed by atoms with Gasteiger partial charge in [-0.1, -0.05) is 5.16 Å². The Kier molecular flexibility index (Phi) is 4.43. The maximum Gasteiger partial charge on any atom is 0.416 e. The van der Waals surface area contributed by atoms with Gasteiger partial charge in [-0.2, -0.15) is 5.26 Å². The summed E-state index contributed by atoms with van der Waals surface area (Å²) in [4.78, 5) is 27.3. The summed E-state index contributed by atoms with van der Waals surface area (Å²) in [5.74, 6) is 0.249. The van der Waals surface area contributed by atoms with Crippen molar-refractivity contribution in [3.63, 3.8) is 0 Å². The Morgan fingerprint density at radius 2 is 1.93 bits per heavy atom. The number of carbonyl (C=O) groups is 2. The van der Waals surface area contributed by atoms with Crippen molar-refractivity contribution in [2.45, 2.75) is 39.1 Å². The Hall–Kier alpha value is -3.12. The lowest BCUT2D eigenvalue weighted by molar-refractivity contribution is -0.00526. The van der Waals surface area contributed by atoms with E-state index < -0.39 is 6.09 Å². The molecular weight excluding hydrogens is 364 g/mol. The highest BCUT2D eigenvalue weighted by molar-refractivity contribution is 6.06. The predicted octanol–water partition coefficient (Wildman–Crippen LogP) is 2.47. The van der Waals surface area contributed by atoms with Gasteiger partial charge in [-0.3, -0.25) is 9.69 Å². The molecule has 2 aliphatic heterocycles. The van der Waals surface area contributed by atoms with Crippen molar-refractivity contribution in [1.82, 2.24) is 5.16 Å². The predicted molar refractivity (Wildman–Crippen MR) is 99.6 cm³/mol. The van der Waals surface area contributed by atoms with Crippen LogP contribution in [0, 0.1) is 11.3 Å². The molecule has 3 heterocycles. The number of morpholine rings is 1. The largest absolute Gasteiger partial charge is 0.444 e. The molecule has 1 amide bonds. The van der Waals surface area contributed by atoms with Crippen LogP contribution in [-0.2, 0) is 9.47 Å². The second-order valence-corrected chi connectivity index (χ2v) is 7.27. The molecule has 0 saturated carbocycles. The van der Waals surface area contributed by atoms with Crippen LogP contribution in [0.3, 0.4) is 0 Å². The third-order valence-corrected chi connectivity index (χ3v) is 4.94. The minimum absolute atomic E-state index is 0.0448. The third kappa shape index (κ3) is 2.86. The summed E-state index contributed by atoms with van der Waals surface area (Å²) >= 11 is 0. The average Bonchev–Trinajstić information content (AvgIpc) is 3.21. The van der Waals surface area contributed by atoms with Crippen molar-refractivity contribution < 1.29 is 23.6 Å². The number of nitrogens with zero attached hydrogens (tertiary/aromatic N) is 4. The number of aldehydes is 1. The first-order valence-electron chi connectivity index (χ1n) is 9.13. The van der Waals surface area contributed by atoms with Gasteiger partial charge in [-0.05, 0) is 26.8 Å². The number of ether oxygens (including phenoxy) is 2. The fourth-order valence-corrected chi connectivity index (χ4v) is 3.94. The van der Waals surface area contributed by atoms with E-state index in [1.54, 1.807) is 13.0 Å². The zero-order valence-corrected chi connectivity index (χ0v) is 15.8. The van der Waals surface area contributed by atoms with Crippen molar-refractivity contribution in [3.8, 4) is 6.07 Å². The molecule has 0 radical (unpaired) electrons. The van der Waals surface area contributed by atoms with E-state index in [1.807, 2.05) is 18.7 Å². The molecule has 146 valence electrons. The average molecular weight is 384 g/mol. The smallest absolute Gasteiger partial charge is 0.416 e. The number of fused-ring (bicyclic) bond motifs is 1. The van der Waals surface area contributed by atoms with Crippen LogP contribution < -0.4 is 9.80 Å². The van der Waals surface area contributed by atoms with E-state index in [9.17, 15) is 14.9 Å². The molecule has 2 aromatic rings. The number of benzene rings is 1. The number of nitriles is 1. The van der Waals surface area contributed by atoms with Crippen molar-refractivity contribution in [1.29, 1.82) is 5.26 Å². The molecule has 0 aliphatic carbocycles. The van der Waals surface area contributed by atoms with Gasteiger partial charge >= 0.3 is 6.09 Å². The fourth-order valence-electron chi connectivity index (χ4n) is 3.94. The maximum atomic E-state index is 12.1. The summed E-state index contributed by atoms with van der Waals surface area (Å²) in [6, 6.07) is 3.77. The number of amides is 1. The number of hydrogen-bond acceptors (Lipinski definition) is 8. The van der Waals surface area contributed by atoms with Gasteiger partial charge in [0.2, 0.25) is 0 Å². The number of aromatic nitrogens is 1. The van der Waals surface area contributed by atoms with E-state index in [4.69, 9.17) is 14.0 Å². The minimum Gasteiger partial charge on any atom is -0.444 e. The first-order valence-corrected chi connectivity index (χ1v) is 9.13. The summed E-state index contributed by atoms with van der Waals surface area (Å²) < 4.78 is 16.4. The Balaban J connectivity index is 1.88. The first-order chi connectivity index (χ1) is 13.4. The fraction of sp³-hybridized carbons (Fsp3) is 0.474. The van der Waals surface area contributed by atoms with Crippen LogP contribution in [-0.4, -0.2) is 55.5 Å². The van der Waals surface area contributed by atoms with Crippen LogP contribution in [0.4, 0.5) is 16.3 Å². The van der Waals surface area contributed by atoms with Gasteiger partial charge in [-0.15, -0.1) is 0 Å². The van der Waals surface area contributed by atoms with Crippen LogP contribution in [0.25, 0.3) is 11.0 Å². The van der Waals surface area contributed by atoms with Gasteiger partial charge in [-0.25, -0.2) is 4.79 Å². The molecule has 1 aromatic heterocycles.